The van der Waals surface area contributed by atoms with Crippen LogP contribution in [0.15, 0.2) is 48.6 Å². The molecule has 3 aliphatic heterocycles. The molecule has 1 saturated carbocycles. The van der Waals surface area contributed by atoms with Crippen LogP contribution in [0.3, 0.4) is 0 Å². The number of amides is 1. The third-order valence-corrected chi connectivity index (χ3v) is 12.6. The van der Waals surface area contributed by atoms with Crippen molar-refractivity contribution >= 4 is 38.8 Å². The van der Waals surface area contributed by atoms with Crippen LogP contribution in [0.2, 0.25) is 5.02 Å². The zero-order valence-electron chi connectivity index (χ0n) is 23.8. The van der Waals surface area contributed by atoms with E-state index < -0.39 is 27.0 Å². The third-order valence-electron chi connectivity index (χ3n) is 10.3. The number of carbonyl (C=O) groups is 1. The van der Waals surface area contributed by atoms with Gasteiger partial charge in [-0.3, -0.25) is 9.52 Å². The van der Waals surface area contributed by atoms with Crippen LogP contribution in [0.4, 0.5) is 5.69 Å². The number of aliphatic hydroxyl groups is 1. The molecule has 1 saturated heterocycles. The summed E-state index contributed by atoms with van der Waals surface area (Å²) in [6.45, 7) is 2.77. The van der Waals surface area contributed by atoms with Crippen molar-refractivity contribution in [3.05, 3.63) is 70.3 Å². The number of halogens is 1. The number of hydrogen-bond acceptors (Lipinski definition) is 6. The fourth-order valence-electron chi connectivity index (χ4n) is 7.86. The zero-order chi connectivity index (χ0) is 29.1. The highest BCUT2D eigenvalue weighted by molar-refractivity contribution is 7.99. The van der Waals surface area contributed by atoms with Crippen LogP contribution in [0.5, 0.6) is 5.75 Å². The molecular formula is C33H39ClN2O5S. The van der Waals surface area contributed by atoms with Crippen LogP contribution >= 0.6 is 11.6 Å². The molecule has 2 N–H and O–H groups in total. The molecule has 2 aromatic carbocycles. The molecule has 5 aliphatic rings. The summed E-state index contributed by atoms with van der Waals surface area (Å²) in [6.07, 6.45) is 9.04. The summed E-state index contributed by atoms with van der Waals surface area (Å²) in [5.74, 6) is 4.74. The van der Waals surface area contributed by atoms with Gasteiger partial charge in [-0.25, -0.2) is 4.21 Å². The Morgan fingerprint density at radius 2 is 2.02 bits per heavy atom. The van der Waals surface area contributed by atoms with E-state index in [1.807, 2.05) is 30.4 Å². The van der Waals surface area contributed by atoms with Crippen molar-refractivity contribution in [3.63, 3.8) is 0 Å². The molecule has 0 aromatic heterocycles. The highest BCUT2D eigenvalue weighted by atomic mass is 35.5. The second kappa shape index (κ2) is 10.9. The lowest BCUT2D eigenvalue weighted by molar-refractivity contribution is 0.0455. The Balaban J connectivity index is 1.29. The van der Waals surface area contributed by atoms with Gasteiger partial charge in [-0.1, -0.05) is 29.8 Å². The standard InChI is InChI=1S/C33H39ClN2O5S/c1-42(39)31-18-40-17-24(31)4-2-6-29(37)26-10-7-23(26)16-36-19-33(13-3-5-21-14-25(34)9-11-27(21)33)20-41-30-12-8-22(15-28(30)36)32(38)35-42/h2,6,8-9,11-12,14-15,23-24,26,29,31,37H,1,3-5,7,10,13,16-20H2,(H,35,38,39)/b6-2+/t23-,24-,26+,29-,31-,33-,42?/m0/s1. The summed E-state index contributed by atoms with van der Waals surface area (Å²) < 4.78 is 28.8. The molecule has 42 heavy (non-hydrogen) atoms. The van der Waals surface area contributed by atoms with Crippen LogP contribution in [0.1, 0.15) is 53.6 Å². The maximum atomic E-state index is 13.8. The second-order valence-electron chi connectivity index (χ2n) is 12.9. The molecule has 224 valence electrons. The number of aliphatic hydroxyl groups excluding tert-OH is 1. The van der Waals surface area contributed by atoms with Gasteiger partial charge in [-0.2, -0.15) is 0 Å². The van der Waals surface area contributed by atoms with Gasteiger partial charge in [0.1, 0.15) is 5.75 Å². The van der Waals surface area contributed by atoms with E-state index in [2.05, 4.69) is 27.6 Å². The number of allylic oxidation sites excluding steroid dienone is 1. The normalized spacial score (nSPS) is 36.9. The average Bonchev–Trinajstić information content (AvgIpc) is 3.37. The number of ether oxygens (including phenoxy) is 2. The highest BCUT2D eigenvalue weighted by Crippen LogP contribution is 2.46. The third kappa shape index (κ3) is 5.04. The number of fused-ring (bicyclic) bond motifs is 5. The zero-order valence-corrected chi connectivity index (χ0v) is 25.4. The lowest BCUT2D eigenvalue weighted by Crippen LogP contribution is -2.49. The van der Waals surface area contributed by atoms with Crippen molar-refractivity contribution in [1.82, 2.24) is 4.72 Å². The van der Waals surface area contributed by atoms with E-state index in [0.717, 1.165) is 61.7 Å². The minimum Gasteiger partial charge on any atom is -0.490 e. The van der Waals surface area contributed by atoms with Crippen molar-refractivity contribution in [2.24, 2.45) is 17.8 Å². The van der Waals surface area contributed by atoms with Crippen LogP contribution in [-0.2, 0) is 26.3 Å². The Hall–Kier alpha value is -2.52. The number of rotatable bonds is 0. The van der Waals surface area contributed by atoms with Gasteiger partial charge >= 0.3 is 0 Å². The molecule has 3 heterocycles. The number of hydrogen-bond donors (Lipinski definition) is 2. The maximum absolute atomic E-state index is 13.8. The van der Waals surface area contributed by atoms with E-state index in [9.17, 15) is 14.1 Å². The smallest absolute Gasteiger partial charge is 0.262 e. The van der Waals surface area contributed by atoms with E-state index in [1.54, 1.807) is 6.07 Å². The summed E-state index contributed by atoms with van der Waals surface area (Å²) in [5, 5.41) is 11.6. The molecular weight excluding hydrogens is 572 g/mol. The summed E-state index contributed by atoms with van der Waals surface area (Å²) in [6, 6.07) is 11.7. The van der Waals surface area contributed by atoms with Crippen LogP contribution in [0, 0.1) is 17.8 Å². The van der Waals surface area contributed by atoms with Crippen LogP contribution in [0.25, 0.3) is 0 Å². The van der Waals surface area contributed by atoms with Crippen molar-refractivity contribution in [1.29, 1.82) is 0 Å². The monoisotopic (exact) mass is 610 g/mol. The Bertz CT molecular complexity index is 1530. The molecule has 9 heteroatoms. The first kappa shape index (κ1) is 28.3. The number of carbonyl (C=O) groups excluding carboxylic acids is 1. The summed E-state index contributed by atoms with van der Waals surface area (Å²) >= 11 is 6.40. The van der Waals surface area contributed by atoms with Gasteiger partial charge < -0.3 is 19.5 Å². The molecule has 7 atom stereocenters. The lowest BCUT2D eigenvalue weighted by Gasteiger charge is -2.45. The predicted octanol–water partition coefficient (Wildman–Crippen LogP) is 4.54. The molecule has 7 rings (SSSR count). The number of anilines is 1. The van der Waals surface area contributed by atoms with Crippen LogP contribution < -0.4 is 14.4 Å². The Morgan fingerprint density at radius 1 is 1.14 bits per heavy atom. The van der Waals surface area contributed by atoms with Crippen molar-refractivity contribution < 1.29 is 23.6 Å². The first-order valence-electron chi connectivity index (χ1n) is 15.1. The predicted molar refractivity (Wildman–Crippen MR) is 167 cm³/mol. The van der Waals surface area contributed by atoms with Gasteiger partial charge in [0.15, 0.2) is 0 Å². The first-order valence-corrected chi connectivity index (χ1v) is 17.3. The topological polar surface area (TPSA) is 88.1 Å². The van der Waals surface area contributed by atoms with Gasteiger partial charge in [0.05, 0.1) is 46.6 Å². The summed E-state index contributed by atoms with van der Waals surface area (Å²) in [7, 11) is -2.99. The van der Waals surface area contributed by atoms with E-state index in [0.29, 0.717) is 31.1 Å². The fourth-order valence-corrected chi connectivity index (χ4v) is 9.76. The largest absolute Gasteiger partial charge is 0.490 e. The molecule has 1 spiro atoms. The van der Waals surface area contributed by atoms with Crippen molar-refractivity contribution in [2.45, 2.75) is 55.3 Å². The first-order chi connectivity index (χ1) is 20.2. The van der Waals surface area contributed by atoms with Gasteiger partial charge in [0.25, 0.3) is 5.91 Å². The summed E-state index contributed by atoms with van der Waals surface area (Å²) in [4.78, 5) is 15.9. The average molecular weight is 611 g/mol. The van der Waals surface area contributed by atoms with Crippen molar-refractivity contribution in [3.8, 4) is 5.75 Å². The maximum Gasteiger partial charge on any atom is 0.262 e. The quantitative estimate of drug-likeness (QED) is 0.337. The van der Waals surface area contributed by atoms with Gasteiger partial charge in [-0.05, 0) is 97.7 Å². The molecule has 2 bridgehead atoms. The van der Waals surface area contributed by atoms with Crippen LogP contribution in [-0.4, -0.2) is 65.4 Å². The number of aryl methyl sites for hydroxylation is 1. The number of benzene rings is 2. The molecule has 2 aliphatic carbocycles. The van der Waals surface area contributed by atoms with E-state index in [1.165, 1.54) is 11.1 Å². The number of nitrogens with zero attached hydrogens (tertiary/aromatic N) is 1. The molecule has 2 aromatic rings. The molecule has 1 amide bonds. The molecule has 2 fully saturated rings. The second-order valence-corrected chi connectivity index (χ2v) is 15.6. The Morgan fingerprint density at radius 3 is 2.86 bits per heavy atom. The van der Waals surface area contributed by atoms with E-state index in [-0.39, 0.29) is 23.9 Å². The highest BCUT2D eigenvalue weighted by Gasteiger charge is 2.44. The molecule has 7 nitrogen and oxygen atoms in total. The Labute approximate surface area is 253 Å². The number of nitrogens with one attached hydrogen (secondary N) is 1. The summed E-state index contributed by atoms with van der Waals surface area (Å²) in [5.41, 5.74) is 3.63. The fraction of sp³-hybridized carbons (Fsp3) is 0.515. The van der Waals surface area contributed by atoms with Gasteiger partial charge in [-0.15, -0.1) is 0 Å². The van der Waals surface area contributed by atoms with Gasteiger partial charge in [0.2, 0.25) is 0 Å². The van der Waals surface area contributed by atoms with E-state index >= 15 is 0 Å². The minimum absolute atomic E-state index is 0.0378. The Kier molecular flexibility index (Phi) is 7.32. The molecule has 1 unspecified atom stereocenters. The van der Waals surface area contributed by atoms with Gasteiger partial charge in [0, 0.05) is 35.0 Å². The SMILES string of the molecule is C=S1(=O)NC(=O)c2ccc3c(c2)N(C[C@@H]2CC[C@H]2[C@@H](O)/C=C/C[C@H]2COC[C@@H]21)C[C@@]1(CCCc2cc(Cl)ccc21)CO3. The van der Waals surface area contributed by atoms with E-state index in [4.69, 9.17) is 21.1 Å². The minimum atomic E-state index is -2.99. The molecule has 0 radical (unpaired) electrons. The lowest BCUT2D eigenvalue weighted by atomic mass is 9.68. The van der Waals surface area contributed by atoms with Crippen molar-refractivity contribution in [2.75, 3.05) is 37.8 Å².